The van der Waals surface area contributed by atoms with Crippen LogP contribution < -0.4 is 10.6 Å². The average molecular weight is 350 g/mol. The summed E-state index contributed by atoms with van der Waals surface area (Å²) < 4.78 is 13.6. The molecule has 0 aliphatic heterocycles. The van der Waals surface area contributed by atoms with Gasteiger partial charge in [0, 0.05) is 31.7 Å². The lowest BCUT2D eigenvalue weighted by Crippen LogP contribution is -2.27. The quantitative estimate of drug-likeness (QED) is 0.687. The molecule has 2 N–H and O–H groups in total. The van der Waals surface area contributed by atoms with E-state index in [1.807, 2.05) is 12.1 Å². The molecule has 3 rings (SSSR count). The number of nitrogens with one attached hydrogen (secondary N) is 2. The Bertz CT molecular complexity index is 870. The number of rotatable bonds is 7. The SMILES string of the molecule is O=C(NCCc1ccccc1F)c1cccnc1NCc1ccncc1. The number of benzene rings is 1. The van der Waals surface area contributed by atoms with E-state index in [-0.39, 0.29) is 11.7 Å². The van der Waals surface area contributed by atoms with Crippen LogP contribution in [0.1, 0.15) is 21.5 Å². The summed E-state index contributed by atoms with van der Waals surface area (Å²) in [6, 6.07) is 13.8. The molecule has 0 aliphatic rings. The zero-order valence-electron chi connectivity index (χ0n) is 14.2. The van der Waals surface area contributed by atoms with Gasteiger partial charge in [0.15, 0.2) is 0 Å². The van der Waals surface area contributed by atoms with E-state index >= 15 is 0 Å². The normalized spacial score (nSPS) is 10.3. The molecule has 0 saturated carbocycles. The molecule has 0 bridgehead atoms. The van der Waals surface area contributed by atoms with Crippen LogP contribution in [-0.4, -0.2) is 22.4 Å². The minimum Gasteiger partial charge on any atom is -0.365 e. The Balaban J connectivity index is 1.59. The molecular weight excluding hydrogens is 331 g/mol. The zero-order valence-corrected chi connectivity index (χ0v) is 14.2. The number of pyridine rings is 2. The molecule has 3 aromatic rings. The van der Waals surface area contributed by atoms with Gasteiger partial charge < -0.3 is 10.6 Å². The van der Waals surface area contributed by atoms with E-state index in [4.69, 9.17) is 0 Å². The van der Waals surface area contributed by atoms with Crippen molar-refractivity contribution in [2.75, 3.05) is 11.9 Å². The maximum atomic E-state index is 13.6. The fourth-order valence-electron chi connectivity index (χ4n) is 2.52. The fourth-order valence-corrected chi connectivity index (χ4v) is 2.52. The summed E-state index contributed by atoms with van der Waals surface area (Å²) in [7, 11) is 0. The topological polar surface area (TPSA) is 66.9 Å². The third kappa shape index (κ3) is 4.63. The standard InChI is InChI=1S/C20H19FN4O/c21-18-6-2-1-4-16(18)9-13-24-20(26)17-5-3-10-23-19(17)25-14-15-7-11-22-12-8-15/h1-8,10-12H,9,13-14H2,(H,23,25)(H,24,26). The van der Waals surface area contributed by atoms with Gasteiger partial charge in [0.25, 0.3) is 5.91 Å². The van der Waals surface area contributed by atoms with Gasteiger partial charge in [0.1, 0.15) is 11.6 Å². The molecule has 0 spiro atoms. The van der Waals surface area contributed by atoms with Crippen LogP contribution >= 0.6 is 0 Å². The number of hydrogen-bond acceptors (Lipinski definition) is 4. The second kappa shape index (κ2) is 8.71. The average Bonchev–Trinajstić information content (AvgIpc) is 2.69. The molecule has 2 heterocycles. The number of carbonyl (C=O) groups excluding carboxylic acids is 1. The van der Waals surface area contributed by atoms with E-state index in [0.717, 1.165) is 5.56 Å². The summed E-state index contributed by atoms with van der Waals surface area (Å²) in [5, 5.41) is 5.99. The molecule has 0 saturated heterocycles. The van der Waals surface area contributed by atoms with E-state index in [1.165, 1.54) is 6.07 Å². The highest BCUT2D eigenvalue weighted by Crippen LogP contribution is 2.13. The number of halogens is 1. The van der Waals surface area contributed by atoms with Crippen LogP contribution in [0.3, 0.4) is 0 Å². The molecule has 0 aliphatic carbocycles. The van der Waals surface area contributed by atoms with E-state index in [9.17, 15) is 9.18 Å². The Kier molecular flexibility index (Phi) is 5.88. The maximum absolute atomic E-state index is 13.6. The molecule has 6 heteroatoms. The van der Waals surface area contributed by atoms with Crippen LogP contribution in [0.25, 0.3) is 0 Å². The van der Waals surface area contributed by atoms with Crippen LogP contribution in [0, 0.1) is 5.82 Å². The molecule has 0 radical (unpaired) electrons. The van der Waals surface area contributed by atoms with Crippen molar-refractivity contribution in [1.29, 1.82) is 0 Å². The summed E-state index contributed by atoms with van der Waals surface area (Å²) in [6.07, 6.45) is 5.49. The maximum Gasteiger partial charge on any atom is 0.255 e. The van der Waals surface area contributed by atoms with Crippen molar-refractivity contribution in [3.05, 3.63) is 89.6 Å². The Morgan fingerprint density at radius 3 is 2.62 bits per heavy atom. The van der Waals surface area contributed by atoms with Gasteiger partial charge in [0.2, 0.25) is 0 Å². The first-order valence-corrected chi connectivity index (χ1v) is 8.33. The highest BCUT2D eigenvalue weighted by molar-refractivity contribution is 5.98. The second-order valence-electron chi connectivity index (χ2n) is 5.71. The van der Waals surface area contributed by atoms with E-state index < -0.39 is 0 Å². The van der Waals surface area contributed by atoms with Crippen molar-refractivity contribution < 1.29 is 9.18 Å². The van der Waals surface area contributed by atoms with Crippen LogP contribution in [0.4, 0.5) is 10.2 Å². The first-order chi connectivity index (χ1) is 12.7. The molecule has 2 aromatic heterocycles. The van der Waals surface area contributed by atoms with Crippen LogP contribution in [0.15, 0.2) is 67.1 Å². The van der Waals surface area contributed by atoms with Gasteiger partial charge in [-0.15, -0.1) is 0 Å². The molecule has 0 fully saturated rings. The van der Waals surface area contributed by atoms with Crippen LogP contribution in [0.2, 0.25) is 0 Å². The summed E-state index contributed by atoms with van der Waals surface area (Å²) >= 11 is 0. The summed E-state index contributed by atoms with van der Waals surface area (Å²) in [5.41, 5.74) is 2.07. The van der Waals surface area contributed by atoms with Gasteiger partial charge in [-0.1, -0.05) is 18.2 Å². The van der Waals surface area contributed by atoms with Crippen molar-refractivity contribution in [2.24, 2.45) is 0 Å². The molecule has 132 valence electrons. The molecule has 26 heavy (non-hydrogen) atoms. The predicted molar refractivity (Wildman–Crippen MR) is 98.2 cm³/mol. The lowest BCUT2D eigenvalue weighted by Gasteiger charge is -2.11. The number of carbonyl (C=O) groups is 1. The zero-order chi connectivity index (χ0) is 18.2. The van der Waals surface area contributed by atoms with E-state index in [2.05, 4.69) is 20.6 Å². The minimum absolute atomic E-state index is 0.244. The van der Waals surface area contributed by atoms with Gasteiger partial charge in [-0.2, -0.15) is 0 Å². The Morgan fingerprint density at radius 2 is 1.81 bits per heavy atom. The van der Waals surface area contributed by atoms with Crippen molar-refractivity contribution in [3.63, 3.8) is 0 Å². The van der Waals surface area contributed by atoms with Crippen molar-refractivity contribution in [1.82, 2.24) is 15.3 Å². The first-order valence-electron chi connectivity index (χ1n) is 8.33. The van der Waals surface area contributed by atoms with E-state index in [1.54, 1.807) is 48.9 Å². The molecule has 1 aromatic carbocycles. The number of hydrogen-bond donors (Lipinski definition) is 2. The highest BCUT2D eigenvalue weighted by Gasteiger charge is 2.12. The number of anilines is 1. The fraction of sp³-hybridized carbons (Fsp3) is 0.150. The summed E-state index contributed by atoms with van der Waals surface area (Å²) in [4.78, 5) is 20.7. The minimum atomic E-state index is -0.261. The third-order valence-electron chi connectivity index (χ3n) is 3.90. The van der Waals surface area contributed by atoms with Gasteiger partial charge in [0.05, 0.1) is 5.56 Å². The van der Waals surface area contributed by atoms with Gasteiger partial charge in [-0.3, -0.25) is 9.78 Å². The Labute approximate surface area is 151 Å². The highest BCUT2D eigenvalue weighted by atomic mass is 19.1. The smallest absolute Gasteiger partial charge is 0.255 e. The van der Waals surface area contributed by atoms with Crippen LogP contribution in [-0.2, 0) is 13.0 Å². The lowest BCUT2D eigenvalue weighted by atomic mass is 10.1. The summed E-state index contributed by atoms with van der Waals surface area (Å²) in [5.74, 6) is 0.00204. The molecule has 0 atom stereocenters. The number of amides is 1. The molecular formula is C20H19FN4O. The number of aromatic nitrogens is 2. The Hall–Kier alpha value is -3.28. The summed E-state index contributed by atoms with van der Waals surface area (Å²) in [6.45, 7) is 0.882. The van der Waals surface area contributed by atoms with Crippen molar-refractivity contribution in [2.45, 2.75) is 13.0 Å². The molecule has 1 amide bonds. The van der Waals surface area contributed by atoms with Crippen molar-refractivity contribution in [3.8, 4) is 0 Å². The third-order valence-corrected chi connectivity index (χ3v) is 3.90. The van der Waals surface area contributed by atoms with Crippen molar-refractivity contribution >= 4 is 11.7 Å². The molecule has 5 nitrogen and oxygen atoms in total. The van der Waals surface area contributed by atoms with Gasteiger partial charge in [-0.05, 0) is 47.9 Å². The van der Waals surface area contributed by atoms with Gasteiger partial charge in [-0.25, -0.2) is 9.37 Å². The van der Waals surface area contributed by atoms with E-state index in [0.29, 0.717) is 36.5 Å². The monoisotopic (exact) mass is 350 g/mol. The lowest BCUT2D eigenvalue weighted by molar-refractivity contribution is 0.0954. The molecule has 0 unspecified atom stereocenters. The van der Waals surface area contributed by atoms with Gasteiger partial charge >= 0.3 is 0 Å². The Morgan fingerprint density at radius 1 is 1.00 bits per heavy atom. The first kappa shape index (κ1) is 17.5. The number of nitrogens with zero attached hydrogens (tertiary/aromatic N) is 2. The van der Waals surface area contributed by atoms with Crippen LogP contribution in [0.5, 0.6) is 0 Å². The largest absolute Gasteiger partial charge is 0.365 e. The predicted octanol–water partition coefficient (Wildman–Crippen LogP) is 3.20. The second-order valence-corrected chi connectivity index (χ2v) is 5.71.